The summed E-state index contributed by atoms with van der Waals surface area (Å²) in [4.78, 5) is 15.9. The highest BCUT2D eigenvalue weighted by molar-refractivity contribution is 6.01. The summed E-state index contributed by atoms with van der Waals surface area (Å²) in [6.07, 6.45) is 0. The first-order valence-electron chi connectivity index (χ1n) is 6.06. The third-order valence-corrected chi connectivity index (χ3v) is 2.44. The largest absolute Gasteiger partial charge is 0.394 e. The Morgan fingerprint density at radius 2 is 2.14 bits per heavy atom. The van der Waals surface area contributed by atoms with Crippen molar-refractivity contribution in [2.24, 2.45) is 0 Å². The van der Waals surface area contributed by atoms with Gasteiger partial charge in [-0.2, -0.15) is 4.98 Å². The molecule has 2 aromatic rings. The number of aromatic nitrogens is 3. The minimum atomic E-state index is -0.557. The Morgan fingerprint density at radius 3 is 2.81 bits per heavy atom. The minimum absolute atomic E-state index is 0.0465. The Balaban J connectivity index is 2.09. The van der Waals surface area contributed by atoms with Crippen LogP contribution in [0.4, 0.5) is 16.0 Å². The Hall–Kier alpha value is -2.52. The van der Waals surface area contributed by atoms with Gasteiger partial charge in [-0.15, -0.1) is 5.10 Å². The van der Waals surface area contributed by atoms with Crippen molar-refractivity contribution in [2.45, 2.75) is 6.73 Å². The number of rotatable bonds is 6. The van der Waals surface area contributed by atoms with E-state index >= 15 is 0 Å². The van der Waals surface area contributed by atoms with Crippen LogP contribution < -0.4 is 11.1 Å². The molecule has 1 amide bonds. The number of halogens is 1. The number of nitrogens with zero attached hydrogens (tertiary/aromatic N) is 3. The van der Waals surface area contributed by atoms with Crippen LogP contribution in [0.3, 0.4) is 0 Å². The van der Waals surface area contributed by atoms with Gasteiger partial charge in [-0.1, -0.05) is 0 Å². The van der Waals surface area contributed by atoms with Gasteiger partial charge in [0.25, 0.3) is 5.91 Å². The summed E-state index contributed by atoms with van der Waals surface area (Å²) in [5, 5.41) is 15.0. The third kappa shape index (κ3) is 3.97. The Kier molecular flexibility index (Phi) is 4.80. The number of carbonyl (C=O) groups excluding carboxylic acids is 1. The maximum absolute atomic E-state index is 12.8. The van der Waals surface area contributed by atoms with Gasteiger partial charge < -0.3 is 20.9 Å². The zero-order valence-corrected chi connectivity index (χ0v) is 11.0. The number of ether oxygens (including phenoxy) is 1. The van der Waals surface area contributed by atoms with Crippen LogP contribution in [-0.2, 0) is 11.5 Å². The number of aliphatic hydroxyl groups excluding tert-OH is 1. The van der Waals surface area contributed by atoms with E-state index in [1.807, 2.05) is 0 Å². The first kappa shape index (κ1) is 14.9. The van der Waals surface area contributed by atoms with Crippen LogP contribution in [0.25, 0.3) is 0 Å². The summed E-state index contributed by atoms with van der Waals surface area (Å²) in [6.45, 7) is -0.128. The van der Waals surface area contributed by atoms with Crippen LogP contribution in [-0.4, -0.2) is 39.0 Å². The third-order valence-electron chi connectivity index (χ3n) is 2.44. The molecule has 0 aliphatic heterocycles. The smallest absolute Gasteiger partial charge is 0.293 e. The molecule has 21 heavy (non-hydrogen) atoms. The summed E-state index contributed by atoms with van der Waals surface area (Å²) < 4.78 is 19.0. The predicted octanol–water partition coefficient (Wildman–Crippen LogP) is 0.218. The number of aliphatic hydroxyl groups is 1. The fourth-order valence-electron chi connectivity index (χ4n) is 1.55. The highest BCUT2D eigenvalue weighted by Crippen LogP contribution is 2.10. The molecule has 0 aliphatic rings. The minimum Gasteiger partial charge on any atom is -0.394 e. The molecule has 8 nitrogen and oxygen atoms in total. The van der Waals surface area contributed by atoms with Gasteiger partial charge in [0, 0.05) is 5.69 Å². The van der Waals surface area contributed by atoms with Gasteiger partial charge in [-0.25, -0.2) is 9.07 Å². The van der Waals surface area contributed by atoms with Crippen molar-refractivity contribution >= 4 is 17.5 Å². The molecule has 2 rings (SSSR count). The van der Waals surface area contributed by atoms with Crippen LogP contribution in [0.1, 0.15) is 10.6 Å². The number of amides is 1. The van der Waals surface area contributed by atoms with E-state index in [4.69, 9.17) is 15.6 Å². The molecule has 1 heterocycles. The molecule has 0 atom stereocenters. The number of nitrogens with two attached hydrogens (primary N) is 1. The maximum atomic E-state index is 12.8. The Labute approximate surface area is 119 Å². The number of hydrogen-bond donors (Lipinski definition) is 3. The molecule has 0 bridgehead atoms. The first-order valence-corrected chi connectivity index (χ1v) is 6.06. The zero-order valence-electron chi connectivity index (χ0n) is 11.0. The van der Waals surface area contributed by atoms with Gasteiger partial charge in [0.05, 0.1) is 13.2 Å². The van der Waals surface area contributed by atoms with Crippen molar-refractivity contribution in [1.29, 1.82) is 0 Å². The maximum Gasteiger partial charge on any atom is 0.293 e. The topological polar surface area (TPSA) is 115 Å². The number of nitrogens with one attached hydrogen (secondary N) is 1. The second-order valence-corrected chi connectivity index (χ2v) is 4.02. The molecule has 0 saturated carbocycles. The molecule has 0 radical (unpaired) electrons. The lowest BCUT2D eigenvalue weighted by molar-refractivity contribution is 0.0401. The van der Waals surface area contributed by atoms with Gasteiger partial charge >= 0.3 is 0 Å². The molecule has 0 aliphatic carbocycles. The zero-order chi connectivity index (χ0) is 15.2. The highest BCUT2D eigenvalue weighted by atomic mass is 19.1. The monoisotopic (exact) mass is 295 g/mol. The molecule has 0 spiro atoms. The van der Waals surface area contributed by atoms with Crippen LogP contribution in [0.5, 0.6) is 0 Å². The Morgan fingerprint density at radius 1 is 1.43 bits per heavy atom. The van der Waals surface area contributed by atoms with Crippen molar-refractivity contribution in [2.75, 3.05) is 24.3 Å². The number of benzene rings is 1. The van der Waals surface area contributed by atoms with E-state index in [2.05, 4.69) is 15.4 Å². The average Bonchev–Trinajstić information content (AvgIpc) is 2.83. The normalized spacial score (nSPS) is 10.6. The molecular formula is C12H14FN5O3. The molecule has 112 valence electrons. The number of anilines is 2. The van der Waals surface area contributed by atoms with Crippen molar-refractivity contribution < 1.29 is 19.0 Å². The second kappa shape index (κ2) is 6.77. The van der Waals surface area contributed by atoms with Crippen molar-refractivity contribution in [1.82, 2.24) is 14.8 Å². The van der Waals surface area contributed by atoms with Gasteiger partial charge in [0.2, 0.25) is 11.8 Å². The lowest BCUT2D eigenvalue weighted by Crippen LogP contribution is -2.20. The number of hydrogen-bond acceptors (Lipinski definition) is 6. The molecule has 0 unspecified atom stereocenters. The first-order chi connectivity index (χ1) is 10.1. The summed E-state index contributed by atoms with van der Waals surface area (Å²) >= 11 is 0. The molecule has 9 heteroatoms. The molecule has 4 N–H and O–H groups in total. The van der Waals surface area contributed by atoms with Crippen molar-refractivity contribution in [3.8, 4) is 0 Å². The van der Waals surface area contributed by atoms with Gasteiger partial charge in [0.15, 0.2) is 0 Å². The predicted molar refractivity (Wildman–Crippen MR) is 71.8 cm³/mol. The molecule has 0 fully saturated rings. The number of nitrogen functional groups attached to an aromatic ring is 1. The molecule has 0 saturated heterocycles. The summed E-state index contributed by atoms with van der Waals surface area (Å²) in [5.41, 5.74) is 5.87. The Bertz CT molecular complexity index is 614. The highest BCUT2D eigenvalue weighted by Gasteiger charge is 2.16. The molecule has 1 aromatic heterocycles. The second-order valence-electron chi connectivity index (χ2n) is 4.02. The van der Waals surface area contributed by atoms with E-state index in [9.17, 15) is 9.18 Å². The van der Waals surface area contributed by atoms with E-state index in [1.54, 1.807) is 0 Å². The lowest BCUT2D eigenvalue weighted by Gasteiger charge is -2.07. The van der Waals surface area contributed by atoms with Crippen LogP contribution in [0, 0.1) is 5.82 Å². The van der Waals surface area contributed by atoms with Crippen LogP contribution in [0.15, 0.2) is 24.3 Å². The van der Waals surface area contributed by atoms with Crippen molar-refractivity contribution in [3.05, 3.63) is 35.9 Å². The van der Waals surface area contributed by atoms with E-state index in [1.165, 1.54) is 28.9 Å². The lowest BCUT2D eigenvalue weighted by atomic mass is 10.3. The summed E-state index contributed by atoms with van der Waals surface area (Å²) in [6, 6.07) is 5.28. The fraction of sp³-hybridized carbons (Fsp3) is 0.250. The molecule has 1 aromatic carbocycles. The van der Waals surface area contributed by atoms with Crippen LogP contribution >= 0.6 is 0 Å². The standard InChI is InChI=1S/C12H14FN5O3/c13-8-1-3-9(4-2-8)15-11(20)10-16-12(14)17-18(10)7-21-6-5-19/h1-4,19H,5-7H2,(H2,14,17)(H,15,20). The average molecular weight is 295 g/mol. The SMILES string of the molecule is Nc1nc(C(=O)Nc2ccc(F)cc2)n(COCCO)n1. The van der Waals surface area contributed by atoms with E-state index in [-0.39, 0.29) is 31.7 Å². The van der Waals surface area contributed by atoms with Crippen molar-refractivity contribution in [3.63, 3.8) is 0 Å². The fourth-order valence-corrected chi connectivity index (χ4v) is 1.55. The summed E-state index contributed by atoms with van der Waals surface area (Å²) in [5.74, 6) is -1.09. The van der Waals surface area contributed by atoms with E-state index < -0.39 is 11.7 Å². The van der Waals surface area contributed by atoms with Gasteiger partial charge in [-0.3, -0.25) is 4.79 Å². The van der Waals surface area contributed by atoms with E-state index in [0.29, 0.717) is 5.69 Å². The molecular weight excluding hydrogens is 281 g/mol. The van der Waals surface area contributed by atoms with Crippen LogP contribution in [0.2, 0.25) is 0 Å². The number of carbonyl (C=O) groups is 1. The quantitative estimate of drug-likeness (QED) is 0.657. The van der Waals surface area contributed by atoms with Gasteiger partial charge in [0.1, 0.15) is 12.5 Å². The van der Waals surface area contributed by atoms with Gasteiger partial charge in [-0.05, 0) is 24.3 Å². The summed E-state index contributed by atoms with van der Waals surface area (Å²) in [7, 11) is 0. The van der Waals surface area contributed by atoms with E-state index in [0.717, 1.165) is 0 Å².